The molecule has 0 saturated carbocycles. The monoisotopic (exact) mass is 496 g/mol. The first kappa shape index (κ1) is 22.6. The minimum atomic E-state index is -3.65. The van der Waals surface area contributed by atoms with Crippen molar-refractivity contribution in [3.8, 4) is 11.6 Å². The summed E-state index contributed by atoms with van der Waals surface area (Å²) >= 11 is 7.26. The molecule has 1 aliphatic heterocycles. The van der Waals surface area contributed by atoms with Gasteiger partial charge < -0.3 is 15.6 Å². The Morgan fingerprint density at radius 3 is 2.72 bits per heavy atom. The third-order valence-corrected chi connectivity index (χ3v) is 8.07. The molecular weight excluding hydrogens is 476 g/mol. The van der Waals surface area contributed by atoms with Crippen molar-refractivity contribution < 1.29 is 17.6 Å². The number of nitrogens with two attached hydrogens (primary N) is 1. The van der Waals surface area contributed by atoms with Gasteiger partial charge in [0.2, 0.25) is 26.9 Å². The van der Waals surface area contributed by atoms with Crippen LogP contribution in [-0.2, 0) is 14.8 Å². The Bertz CT molecular complexity index is 1210. The molecule has 0 radical (unpaired) electrons. The summed E-state index contributed by atoms with van der Waals surface area (Å²) in [6.07, 6.45) is 4.18. The van der Waals surface area contributed by atoms with E-state index in [9.17, 15) is 13.2 Å². The highest BCUT2D eigenvalue weighted by molar-refractivity contribution is 7.99. The Balaban J connectivity index is 1.43. The standard InChI is InChI=1S/C19H21ClN6O4S2/c20-14-7-6-13(32(28,29)25-8-2-1-3-9-25)11-15(14)22-17(27)12-31-19-24-23-18(26(19)21)16-5-4-10-30-16/h4-7,10-11H,1-3,8-9,12,21H2,(H,22,27). The van der Waals surface area contributed by atoms with Crippen LogP contribution in [0.5, 0.6) is 0 Å². The average molecular weight is 497 g/mol. The molecule has 0 spiro atoms. The number of hydrogen-bond donors (Lipinski definition) is 2. The zero-order chi connectivity index (χ0) is 22.7. The highest BCUT2D eigenvalue weighted by Gasteiger charge is 2.26. The van der Waals surface area contributed by atoms with Gasteiger partial charge in [-0.2, -0.15) is 4.31 Å². The number of nitrogens with one attached hydrogen (secondary N) is 1. The SMILES string of the molecule is Nn1c(SCC(=O)Nc2cc(S(=O)(=O)N3CCCCC3)ccc2Cl)nnc1-c1ccco1. The van der Waals surface area contributed by atoms with E-state index in [0.717, 1.165) is 31.0 Å². The predicted octanol–water partition coefficient (Wildman–Crippen LogP) is 2.81. The fourth-order valence-electron chi connectivity index (χ4n) is 3.28. The van der Waals surface area contributed by atoms with Gasteiger partial charge in [-0.15, -0.1) is 10.2 Å². The van der Waals surface area contributed by atoms with Gasteiger partial charge >= 0.3 is 0 Å². The summed E-state index contributed by atoms with van der Waals surface area (Å²) in [7, 11) is -3.65. The van der Waals surface area contributed by atoms with E-state index in [4.69, 9.17) is 21.9 Å². The van der Waals surface area contributed by atoms with Gasteiger partial charge in [0.05, 0.1) is 27.6 Å². The molecule has 2 aromatic heterocycles. The molecule has 13 heteroatoms. The summed E-state index contributed by atoms with van der Waals surface area (Å²) in [5.41, 5.74) is 0.223. The molecule has 3 heterocycles. The van der Waals surface area contributed by atoms with Crippen LogP contribution in [0.3, 0.4) is 0 Å². The topological polar surface area (TPSA) is 136 Å². The van der Waals surface area contributed by atoms with Crippen molar-refractivity contribution >= 4 is 45.0 Å². The number of hydrogen-bond acceptors (Lipinski definition) is 8. The van der Waals surface area contributed by atoms with Gasteiger partial charge in [-0.05, 0) is 43.2 Å². The van der Waals surface area contributed by atoms with E-state index in [1.54, 1.807) is 12.1 Å². The van der Waals surface area contributed by atoms with Crippen molar-refractivity contribution in [1.29, 1.82) is 0 Å². The molecule has 0 bridgehead atoms. The van der Waals surface area contributed by atoms with Crippen molar-refractivity contribution in [3.63, 3.8) is 0 Å². The Morgan fingerprint density at radius 2 is 2.00 bits per heavy atom. The van der Waals surface area contributed by atoms with Gasteiger partial charge in [0.25, 0.3) is 0 Å². The van der Waals surface area contributed by atoms with Gasteiger partial charge in [0.1, 0.15) is 0 Å². The maximum absolute atomic E-state index is 12.9. The largest absolute Gasteiger partial charge is 0.461 e. The molecule has 3 aromatic rings. The summed E-state index contributed by atoms with van der Waals surface area (Å²) in [6, 6.07) is 7.70. The number of carbonyl (C=O) groups is 1. The first-order valence-electron chi connectivity index (χ1n) is 9.83. The van der Waals surface area contributed by atoms with Crippen LogP contribution in [0.25, 0.3) is 11.6 Å². The summed E-state index contributed by atoms with van der Waals surface area (Å²) in [5.74, 6) is 6.34. The van der Waals surface area contributed by atoms with Crippen molar-refractivity contribution in [2.24, 2.45) is 0 Å². The quantitative estimate of drug-likeness (QED) is 0.376. The molecule has 170 valence electrons. The van der Waals surface area contributed by atoms with Crippen molar-refractivity contribution in [1.82, 2.24) is 19.2 Å². The van der Waals surface area contributed by atoms with E-state index < -0.39 is 15.9 Å². The molecule has 1 amide bonds. The van der Waals surface area contributed by atoms with Crippen LogP contribution in [0.4, 0.5) is 5.69 Å². The van der Waals surface area contributed by atoms with Gasteiger partial charge in [0, 0.05) is 13.1 Å². The van der Waals surface area contributed by atoms with Crippen LogP contribution < -0.4 is 11.2 Å². The van der Waals surface area contributed by atoms with Crippen LogP contribution in [0.15, 0.2) is 51.1 Å². The second-order valence-corrected chi connectivity index (χ2v) is 10.4. The lowest BCUT2D eigenvalue weighted by Gasteiger charge is -2.26. The highest BCUT2D eigenvalue weighted by atomic mass is 35.5. The molecule has 1 saturated heterocycles. The number of sulfonamides is 1. The smallest absolute Gasteiger partial charge is 0.243 e. The third-order valence-electron chi connectivity index (χ3n) is 4.90. The van der Waals surface area contributed by atoms with Gasteiger partial charge in [-0.3, -0.25) is 4.79 Å². The Morgan fingerprint density at radius 1 is 1.22 bits per heavy atom. The van der Waals surface area contributed by atoms with Crippen LogP contribution >= 0.6 is 23.4 Å². The highest BCUT2D eigenvalue weighted by Crippen LogP contribution is 2.29. The summed E-state index contributed by atoms with van der Waals surface area (Å²) in [5, 5.41) is 11.1. The molecule has 0 atom stereocenters. The maximum Gasteiger partial charge on any atom is 0.243 e. The summed E-state index contributed by atoms with van der Waals surface area (Å²) < 4.78 is 33.8. The fraction of sp³-hybridized carbons (Fsp3) is 0.316. The molecule has 1 aromatic carbocycles. The molecule has 4 rings (SSSR count). The van der Waals surface area contributed by atoms with E-state index in [-0.39, 0.29) is 21.4 Å². The fourth-order valence-corrected chi connectivity index (χ4v) is 5.65. The van der Waals surface area contributed by atoms with E-state index >= 15 is 0 Å². The number of halogens is 1. The normalized spacial score (nSPS) is 15.0. The number of rotatable bonds is 7. The Kier molecular flexibility index (Phi) is 6.74. The molecule has 1 fully saturated rings. The Labute approximate surface area is 194 Å². The van der Waals surface area contributed by atoms with E-state index in [2.05, 4.69) is 15.5 Å². The molecule has 0 aliphatic carbocycles. The first-order chi connectivity index (χ1) is 15.4. The lowest BCUT2D eigenvalue weighted by Crippen LogP contribution is -2.35. The third kappa shape index (κ3) is 4.77. The van der Waals surface area contributed by atoms with Gasteiger partial charge in [0.15, 0.2) is 5.76 Å². The number of piperidine rings is 1. The van der Waals surface area contributed by atoms with Gasteiger partial charge in [-0.1, -0.05) is 29.8 Å². The molecular formula is C19H21ClN6O4S2. The number of anilines is 1. The lowest BCUT2D eigenvalue weighted by atomic mass is 10.2. The number of benzene rings is 1. The van der Waals surface area contributed by atoms with Crippen molar-refractivity contribution in [3.05, 3.63) is 41.6 Å². The number of furan rings is 1. The van der Waals surface area contributed by atoms with Crippen LogP contribution in [0.2, 0.25) is 5.02 Å². The number of carbonyl (C=O) groups excluding carboxylic acids is 1. The number of amides is 1. The molecule has 10 nitrogen and oxygen atoms in total. The zero-order valence-corrected chi connectivity index (χ0v) is 19.3. The van der Waals surface area contributed by atoms with Crippen LogP contribution in [0.1, 0.15) is 19.3 Å². The van der Waals surface area contributed by atoms with Gasteiger partial charge in [-0.25, -0.2) is 13.1 Å². The summed E-state index contributed by atoms with van der Waals surface area (Å²) in [4.78, 5) is 12.6. The summed E-state index contributed by atoms with van der Waals surface area (Å²) in [6.45, 7) is 0.978. The van der Waals surface area contributed by atoms with Crippen molar-refractivity contribution in [2.75, 3.05) is 30.0 Å². The second kappa shape index (κ2) is 9.53. The minimum absolute atomic E-state index is 0.0348. The second-order valence-electron chi connectivity index (χ2n) is 7.10. The lowest BCUT2D eigenvalue weighted by molar-refractivity contribution is -0.113. The average Bonchev–Trinajstić information content (AvgIpc) is 3.44. The molecule has 3 N–H and O–H groups in total. The van der Waals surface area contributed by atoms with E-state index in [1.165, 1.54) is 33.4 Å². The number of nitrogens with zero attached hydrogens (tertiary/aromatic N) is 4. The van der Waals surface area contributed by atoms with E-state index in [0.29, 0.717) is 29.8 Å². The molecule has 0 unspecified atom stereocenters. The maximum atomic E-state index is 12.9. The van der Waals surface area contributed by atoms with E-state index in [1.807, 2.05) is 0 Å². The Hall–Kier alpha value is -2.54. The minimum Gasteiger partial charge on any atom is -0.461 e. The predicted molar refractivity (Wildman–Crippen MR) is 121 cm³/mol. The number of thioether (sulfide) groups is 1. The number of nitrogen functional groups attached to an aromatic ring is 1. The molecule has 1 aliphatic rings. The van der Waals surface area contributed by atoms with Crippen LogP contribution in [0, 0.1) is 0 Å². The first-order valence-corrected chi connectivity index (χ1v) is 12.6. The molecule has 32 heavy (non-hydrogen) atoms. The number of aromatic nitrogens is 3. The zero-order valence-electron chi connectivity index (χ0n) is 16.9. The van der Waals surface area contributed by atoms with Crippen LogP contribution in [-0.4, -0.2) is 52.3 Å². The van der Waals surface area contributed by atoms with Crippen molar-refractivity contribution in [2.45, 2.75) is 29.3 Å².